The van der Waals surface area contributed by atoms with Crippen molar-refractivity contribution in [2.75, 3.05) is 19.6 Å². The van der Waals surface area contributed by atoms with Crippen molar-refractivity contribution < 1.29 is 0 Å². The summed E-state index contributed by atoms with van der Waals surface area (Å²) in [5.74, 6) is 0. The molecular weight excluding hydrogens is 270 g/mol. The summed E-state index contributed by atoms with van der Waals surface area (Å²) in [6.45, 7) is 3.35. The molecule has 4 rings (SSSR count). The van der Waals surface area contributed by atoms with Gasteiger partial charge < -0.3 is 0 Å². The highest BCUT2D eigenvalue weighted by Crippen LogP contribution is 2.37. The molecule has 3 nitrogen and oxygen atoms in total. The van der Waals surface area contributed by atoms with Gasteiger partial charge >= 0.3 is 0 Å². The maximum absolute atomic E-state index is 3.73. The maximum atomic E-state index is 3.73. The molecule has 0 radical (unpaired) electrons. The van der Waals surface area contributed by atoms with Gasteiger partial charge in [-0.05, 0) is 24.0 Å². The van der Waals surface area contributed by atoms with Crippen LogP contribution in [0.1, 0.15) is 36.2 Å². The Labute approximate surface area is 132 Å². The van der Waals surface area contributed by atoms with Crippen LogP contribution >= 0.6 is 0 Å². The molecule has 2 aliphatic rings. The minimum atomic E-state index is 0.282. The normalized spacial score (nSPS) is 26.5. The molecule has 2 aromatic carbocycles. The maximum Gasteiger partial charge on any atom is 0.100 e. The van der Waals surface area contributed by atoms with E-state index in [1.54, 1.807) is 0 Å². The summed E-state index contributed by atoms with van der Waals surface area (Å²) in [6.07, 6.45) is 2.89. The minimum Gasteiger partial charge on any atom is -0.295 e. The molecule has 3 heteroatoms. The predicted octanol–water partition coefficient (Wildman–Crippen LogP) is 3.34. The van der Waals surface area contributed by atoms with E-state index in [0.717, 1.165) is 6.54 Å². The van der Waals surface area contributed by atoms with E-state index in [2.05, 4.69) is 76.0 Å². The van der Waals surface area contributed by atoms with Crippen LogP contribution in [0, 0.1) is 0 Å². The number of nitrogens with one attached hydrogen (secondary N) is 1. The van der Waals surface area contributed by atoms with Gasteiger partial charge in [0.15, 0.2) is 0 Å². The fourth-order valence-corrected chi connectivity index (χ4v) is 3.73. The first-order valence-electron chi connectivity index (χ1n) is 8.30. The monoisotopic (exact) mass is 293 g/mol. The number of benzene rings is 2. The lowest BCUT2D eigenvalue weighted by Gasteiger charge is -2.37. The third-order valence-electron chi connectivity index (χ3n) is 4.80. The molecule has 0 bridgehead atoms. The molecule has 0 amide bonds. The molecule has 22 heavy (non-hydrogen) atoms. The Bertz CT molecular complexity index is 545. The molecule has 2 aromatic rings. The summed E-state index contributed by atoms with van der Waals surface area (Å²) in [6, 6.07) is 22.1. The first-order valence-corrected chi connectivity index (χ1v) is 8.30. The van der Waals surface area contributed by atoms with Gasteiger partial charge in [-0.15, -0.1) is 0 Å². The van der Waals surface area contributed by atoms with Crippen LogP contribution in [0.25, 0.3) is 0 Å². The van der Waals surface area contributed by atoms with Crippen molar-refractivity contribution in [2.45, 2.75) is 25.0 Å². The van der Waals surface area contributed by atoms with Crippen molar-refractivity contribution in [2.24, 2.45) is 0 Å². The van der Waals surface area contributed by atoms with Gasteiger partial charge in [0.25, 0.3) is 0 Å². The molecule has 2 saturated heterocycles. The van der Waals surface area contributed by atoms with Crippen LogP contribution in [0.4, 0.5) is 0 Å². The minimum absolute atomic E-state index is 0.282. The third-order valence-corrected chi connectivity index (χ3v) is 4.80. The van der Waals surface area contributed by atoms with Crippen molar-refractivity contribution in [1.82, 2.24) is 15.3 Å². The van der Waals surface area contributed by atoms with E-state index in [1.165, 1.54) is 37.1 Å². The number of hydrogen-bond acceptors (Lipinski definition) is 3. The molecule has 1 N–H and O–H groups in total. The lowest BCUT2D eigenvalue weighted by atomic mass is 10.1. The molecule has 2 aliphatic heterocycles. The number of hydrogen-bond donors (Lipinski definition) is 1. The largest absolute Gasteiger partial charge is 0.295 e. The van der Waals surface area contributed by atoms with E-state index in [4.69, 9.17) is 0 Å². The lowest BCUT2D eigenvalue weighted by molar-refractivity contribution is -0.0535. The van der Waals surface area contributed by atoms with Crippen molar-refractivity contribution in [1.29, 1.82) is 0 Å². The van der Waals surface area contributed by atoms with Crippen LogP contribution in [-0.2, 0) is 0 Å². The van der Waals surface area contributed by atoms with E-state index in [1.807, 2.05) is 0 Å². The summed E-state index contributed by atoms with van der Waals surface area (Å²) in [4.78, 5) is 0. The highest BCUT2D eigenvalue weighted by molar-refractivity contribution is 5.25. The van der Waals surface area contributed by atoms with Gasteiger partial charge in [0.2, 0.25) is 0 Å². The smallest absolute Gasteiger partial charge is 0.100 e. The highest BCUT2D eigenvalue weighted by atomic mass is 15.7. The first-order chi connectivity index (χ1) is 10.9. The molecule has 0 aliphatic carbocycles. The Hall–Kier alpha value is -1.68. The first kappa shape index (κ1) is 13.9. The lowest BCUT2D eigenvalue weighted by Crippen LogP contribution is -2.43. The molecular formula is C19H23N3. The average molecular weight is 293 g/mol. The number of nitrogens with zero attached hydrogens (tertiary/aromatic N) is 2. The quantitative estimate of drug-likeness (QED) is 0.936. The predicted molar refractivity (Wildman–Crippen MR) is 89.0 cm³/mol. The zero-order valence-corrected chi connectivity index (χ0v) is 12.9. The van der Waals surface area contributed by atoms with Crippen LogP contribution in [0.15, 0.2) is 60.7 Å². The van der Waals surface area contributed by atoms with E-state index in [-0.39, 0.29) is 6.17 Å². The van der Waals surface area contributed by atoms with Gasteiger partial charge in [0, 0.05) is 19.6 Å². The summed E-state index contributed by atoms with van der Waals surface area (Å²) in [5, 5.41) is 8.86. The fourth-order valence-electron chi connectivity index (χ4n) is 3.73. The molecule has 2 heterocycles. The fraction of sp³-hybridized carbons (Fsp3) is 0.368. The zero-order chi connectivity index (χ0) is 14.8. The van der Waals surface area contributed by atoms with Crippen LogP contribution < -0.4 is 5.32 Å². The van der Waals surface area contributed by atoms with Gasteiger partial charge in [0.1, 0.15) is 6.17 Å². The Kier molecular flexibility index (Phi) is 3.94. The van der Waals surface area contributed by atoms with Crippen molar-refractivity contribution >= 4 is 0 Å². The molecule has 0 spiro atoms. The van der Waals surface area contributed by atoms with Crippen LogP contribution in [-0.4, -0.2) is 29.7 Å². The van der Waals surface area contributed by atoms with Crippen molar-refractivity contribution in [3.8, 4) is 0 Å². The van der Waals surface area contributed by atoms with Gasteiger partial charge in [-0.2, -0.15) is 0 Å². The number of hydrazine groups is 1. The Morgan fingerprint density at radius 1 is 0.773 bits per heavy atom. The van der Waals surface area contributed by atoms with Gasteiger partial charge in [-0.25, -0.2) is 10.0 Å². The second-order valence-corrected chi connectivity index (χ2v) is 6.19. The van der Waals surface area contributed by atoms with Gasteiger partial charge in [-0.1, -0.05) is 60.7 Å². The summed E-state index contributed by atoms with van der Waals surface area (Å²) < 4.78 is 0. The van der Waals surface area contributed by atoms with Crippen LogP contribution in [0.2, 0.25) is 0 Å². The van der Waals surface area contributed by atoms with Gasteiger partial charge in [0.05, 0.1) is 6.04 Å². The molecule has 2 unspecified atom stereocenters. The average Bonchev–Trinajstić information content (AvgIpc) is 3.25. The van der Waals surface area contributed by atoms with Crippen molar-refractivity contribution in [3.05, 3.63) is 71.8 Å². The Morgan fingerprint density at radius 3 is 2.00 bits per heavy atom. The van der Waals surface area contributed by atoms with E-state index < -0.39 is 0 Å². The second kappa shape index (κ2) is 6.21. The molecule has 2 atom stereocenters. The zero-order valence-electron chi connectivity index (χ0n) is 12.9. The summed E-state index contributed by atoms with van der Waals surface area (Å²) >= 11 is 0. The Morgan fingerprint density at radius 2 is 1.36 bits per heavy atom. The molecule has 0 saturated carbocycles. The number of rotatable bonds is 3. The molecule has 2 fully saturated rings. The second-order valence-electron chi connectivity index (χ2n) is 6.19. The molecule has 0 aromatic heterocycles. The van der Waals surface area contributed by atoms with Gasteiger partial charge in [-0.3, -0.25) is 5.32 Å². The topological polar surface area (TPSA) is 18.5 Å². The van der Waals surface area contributed by atoms with Crippen molar-refractivity contribution in [3.63, 3.8) is 0 Å². The van der Waals surface area contributed by atoms with Crippen LogP contribution in [0.5, 0.6) is 0 Å². The van der Waals surface area contributed by atoms with Crippen LogP contribution in [0.3, 0.4) is 0 Å². The standard InChI is InChI=1S/C19H23N3/c1-3-9-16(10-4-1)18-15-20-19(17-11-5-2-6-12-17)22(18)21-13-7-8-14-21/h1-6,9-12,18-20H,7-8,13-15H2. The van der Waals surface area contributed by atoms with E-state index in [9.17, 15) is 0 Å². The SMILES string of the molecule is c1ccc(C2CNC(c3ccccc3)N2N2CCCC2)cc1. The summed E-state index contributed by atoms with van der Waals surface area (Å²) in [7, 11) is 0. The molecule has 114 valence electrons. The third kappa shape index (κ3) is 2.56. The Balaban J connectivity index is 1.68. The summed E-state index contributed by atoms with van der Waals surface area (Å²) in [5.41, 5.74) is 2.76. The van der Waals surface area contributed by atoms with E-state index in [0.29, 0.717) is 6.04 Å². The highest BCUT2D eigenvalue weighted by Gasteiger charge is 2.39. The van der Waals surface area contributed by atoms with E-state index >= 15 is 0 Å².